The van der Waals surface area contributed by atoms with E-state index >= 15 is 0 Å². The van der Waals surface area contributed by atoms with Crippen LogP contribution in [0.3, 0.4) is 0 Å². The van der Waals surface area contributed by atoms with Crippen LogP contribution in [0, 0.1) is 0 Å². The summed E-state index contributed by atoms with van der Waals surface area (Å²) in [4.78, 5) is 7.77. The van der Waals surface area contributed by atoms with Crippen LogP contribution in [0.4, 0.5) is 8.78 Å². The summed E-state index contributed by atoms with van der Waals surface area (Å²) in [6.45, 7) is 1.40. The minimum absolute atomic E-state index is 0.0343. The molecule has 0 aliphatic heterocycles. The van der Waals surface area contributed by atoms with E-state index < -0.39 is 6.55 Å². The Hall–Kier alpha value is -1.66. The third kappa shape index (κ3) is 4.01. The highest BCUT2D eigenvalue weighted by Gasteiger charge is 2.10. The lowest BCUT2D eigenvalue weighted by atomic mass is 10.3. The lowest BCUT2D eigenvalue weighted by molar-refractivity contribution is 0.0671. The van der Waals surface area contributed by atoms with Crippen LogP contribution in [-0.4, -0.2) is 21.6 Å². The van der Waals surface area contributed by atoms with Crippen molar-refractivity contribution in [1.82, 2.24) is 14.9 Å². The molecule has 0 aliphatic carbocycles. The van der Waals surface area contributed by atoms with Crippen LogP contribution in [0.5, 0.6) is 0 Å². The number of rotatable bonds is 5. The number of hydrogen-bond acceptors (Lipinski definition) is 2. The van der Waals surface area contributed by atoms with Gasteiger partial charge in [-0.25, -0.2) is 9.98 Å². The van der Waals surface area contributed by atoms with Crippen molar-refractivity contribution in [2.45, 2.75) is 39.4 Å². The first-order valence-corrected chi connectivity index (χ1v) is 5.41. The van der Waals surface area contributed by atoms with Crippen molar-refractivity contribution in [3.05, 3.63) is 18.2 Å². The van der Waals surface area contributed by atoms with Crippen LogP contribution in [0.25, 0.3) is 0 Å². The molecule has 7 heteroatoms. The molecule has 3 N–H and O–H groups in total. The van der Waals surface area contributed by atoms with Gasteiger partial charge in [-0.2, -0.15) is 8.78 Å². The second kappa shape index (κ2) is 6.17. The van der Waals surface area contributed by atoms with Crippen LogP contribution in [-0.2, 0) is 6.54 Å². The molecule has 1 aromatic heterocycles. The van der Waals surface area contributed by atoms with E-state index in [0.29, 0.717) is 0 Å². The molecule has 1 heterocycles. The van der Waals surface area contributed by atoms with Gasteiger partial charge in [0.15, 0.2) is 5.96 Å². The Morgan fingerprint density at radius 1 is 1.65 bits per heavy atom. The number of imidazole rings is 1. The lowest BCUT2D eigenvalue weighted by Gasteiger charge is -2.11. The Kier molecular flexibility index (Phi) is 4.86. The number of nitrogens with zero attached hydrogens (tertiary/aromatic N) is 3. The van der Waals surface area contributed by atoms with Gasteiger partial charge in [-0.3, -0.25) is 4.57 Å². The molecule has 0 radical (unpaired) electrons. The first-order valence-electron chi connectivity index (χ1n) is 5.41. The molecule has 1 atom stereocenters. The molecule has 96 valence electrons. The number of hydrogen-bond donors (Lipinski definition) is 2. The summed E-state index contributed by atoms with van der Waals surface area (Å²) in [5.74, 6) is 0.428. The molecular formula is C10H17F2N5. The first-order chi connectivity index (χ1) is 8.04. The van der Waals surface area contributed by atoms with E-state index in [1.54, 1.807) is 0 Å². The molecule has 1 rings (SSSR count). The maximum absolute atomic E-state index is 12.5. The molecule has 5 nitrogen and oxygen atoms in total. The Morgan fingerprint density at radius 3 is 2.94 bits per heavy atom. The van der Waals surface area contributed by atoms with Gasteiger partial charge in [-0.15, -0.1) is 0 Å². The zero-order valence-electron chi connectivity index (χ0n) is 9.90. The molecule has 0 fully saturated rings. The zero-order valence-corrected chi connectivity index (χ0v) is 9.90. The second-order valence-electron chi connectivity index (χ2n) is 3.68. The topological polar surface area (TPSA) is 68.2 Å². The van der Waals surface area contributed by atoms with Gasteiger partial charge in [0.2, 0.25) is 0 Å². The molecule has 1 aromatic rings. The maximum Gasteiger partial charge on any atom is 0.319 e. The average molecular weight is 245 g/mol. The molecular weight excluding hydrogens is 228 g/mol. The lowest BCUT2D eigenvalue weighted by Crippen LogP contribution is -2.38. The van der Waals surface area contributed by atoms with Crippen molar-refractivity contribution in [3.63, 3.8) is 0 Å². The van der Waals surface area contributed by atoms with E-state index in [1.165, 1.54) is 12.4 Å². The smallest absolute Gasteiger partial charge is 0.319 e. The van der Waals surface area contributed by atoms with Gasteiger partial charge in [0.25, 0.3) is 0 Å². The number of alkyl halides is 2. The number of guanidine groups is 1. The number of aliphatic imine (C=N–C) groups is 1. The monoisotopic (exact) mass is 245 g/mol. The fourth-order valence-corrected chi connectivity index (χ4v) is 1.20. The van der Waals surface area contributed by atoms with E-state index in [0.717, 1.165) is 11.0 Å². The number of aromatic nitrogens is 2. The van der Waals surface area contributed by atoms with E-state index in [1.807, 2.05) is 13.8 Å². The molecule has 0 bridgehead atoms. The number of halogens is 2. The standard InChI is InChI=1S/C10H17F2N5/c1-3-7(2)16-10(13)15-6-8-14-4-5-17(8)9(11)12/h4-5,7,9H,3,6H2,1-2H3,(H3,13,15,16). The van der Waals surface area contributed by atoms with Crippen molar-refractivity contribution >= 4 is 5.96 Å². The summed E-state index contributed by atoms with van der Waals surface area (Å²) in [7, 11) is 0. The summed E-state index contributed by atoms with van der Waals surface area (Å²) in [5.41, 5.74) is 5.61. The summed E-state index contributed by atoms with van der Waals surface area (Å²) in [5, 5.41) is 2.94. The molecule has 0 aliphatic rings. The fourth-order valence-electron chi connectivity index (χ4n) is 1.20. The van der Waals surface area contributed by atoms with E-state index in [4.69, 9.17) is 5.73 Å². The van der Waals surface area contributed by atoms with E-state index in [2.05, 4.69) is 15.3 Å². The van der Waals surface area contributed by atoms with Gasteiger partial charge in [0.05, 0.1) is 0 Å². The van der Waals surface area contributed by atoms with Gasteiger partial charge in [-0.05, 0) is 13.3 Å². The van der Waals surface area contributed by atoms with Crippen LogP contribution in [0.2, 0.25) is 0 Å². The molecule has 0 saturated carbocycles. The Bertz CT molecular complexity index is 375. The van der Waals surface area contributed by atoms with Crippen molar-refractivity contribution in [1.29, 1.82) is 0 Å². The highest BCUT2D eigenvalue weighted by atomic mass is 19.3. The van der Waals surface area contributed by atoms with Crippen LogP contribution in [0.15, 0.2) is 17.4 Å². The minimum atomic E-state index is -2.61. The van der Waals surface area contributed by atoms with E-state index in [-0.39, 0.29) is 24.4 Å². The third-order valence-corrected chi connectivity index (χ3v) is 2.36. The van der Waals surface area contributed by atoms with Crippen LogP contribution >= 0.6 is 0 Å². The van der Waals surface area contributed by atoms with Gasteiger partial charge >= 0.3 is 6.55 Å². The highest BCUT2D eigenvalue weighted by Crippen LogP contribution is 2.12. The molecule has 0 saturated heterocycles. The Balaban J connectivity index is 2.59. The number of nitrogens with one attached hydrogen (secondary N) is 1. The average Bonchev–Trinajstić information content (AvgIpc) is 2.74. The molecule has 1 unspecified atom stereocenters. The summed E-state index contributed by atoms with van der Waals surface area (Å²) in [6.07, 6.45) is 3.44. The van der Waals surface area contributed by atoms with E-state index in [9.17, 15) is 8.78 Å². The number of nitrogens with two attached hydrogens (primary N) is 1. The molecule has 0 aromatic carbocycles. The first kappa shape index (κ1) is 13.4. The van der Waals surface area contributed by atoms with Crippen molar-refractivity contribution in [3.8, 4) is 0 Å². The summed E-state index contributed by atoms with van der Waals surface area (Å²) in [6, 6.07) is 0.202. The maximum atomic E-state index is 12.5. The van der Waals surface area contributed by atoms with Gasteiger partial charge in [0.1, 0.15) is 12.4 Å². The largest absolute Gasteiger partial charge is 0.370 e. The third-order valence-electron chi connectivity index (χ3n) is 2.36. The second-order valence-corrected chi connectivity index (χ2v) is 3.68. The Morgan fingerprint density at radius 2 is 2.35 bits per heavy atom. The van der Waals surface area contributed by atoms with Crippen LogP contribution < -0.4 is 11.1 Å². The predicted molar refractivity (Wildman–Crippen MR) is 61.7 cm³/mol. The van der Waals surface area contributed by atoms with Gasteiger partial charge in [0, 0.05) is 18.4 Å². The highest BCUT2D eigenvalue weighted by molar-refractivity contribution is 5.78. The molecule has 0 spiro atoms. The predicted octanol–water partition coefficient (Wildman–Crippen LogP) is 1.48. The SMILES string of the molecule is CCC(C)NC(N)=NCc1nccn1C(F)F. The van der Waals surface area contributed by atoms with Crippen LogP contribution in [0.1, 0.15) is 32.6 Å². The quantitative estimate of drug-likeness (QED) is 0.610. The van der Waals surface area contributed by atoms with Crippen molar-refractivity contribution in [2.75, 3.05) is 0 Å². The Labute approximate surface area is 98.7 Å². The summed E-state index contributed by atoms with van der Waals surface area (Å²) < 4.78 is 25.7. The summed E-state index contributed by atoms with van der Waals surface area (Å²) >= 11 is 0. The normalized spacial score (nSPS) is 14.1. The van der Waals surface area contributed by atoms with Gasteiger partial charge < -0.3 is 11.1 Å². The van der Waals surface area contributed by atoms with Crippen molar-refractivity contribution in [2.24, 2.45) is 10.7 Å². The molecule has 17 heavy (non-hydrogen) atoms. The van der Waals surface area contributed by atoms with Gasteiger partial charge in [-0.1, -0.05) is 6.92 Å². The molecule has 0 amide bonds. The van der Waals surface area contributed by atoms with Crippen molar-refractivity contribution < 1.29 is 8.78 Å². The zero-order chi connectivity index (χ0) is 12.8. The minimum Gasteiger partial charge on any atom is -0.370 e. The fraction of sp³-hybridized carbons (Fsp3) is 0.600.